The van der Waals surface area contributed by atoms with Gasteiger partial charge in [-0.15, -0.1) is 0 Å². The summed E-state index contributed by atoms with van der Waals surface area (Å²) in [4.78, 5) is 0. The second-order valence-corrected chi connectivity index (χ2v) is 5.24. The van der Waals surface area contributed by atoms with Gasteiger partial charge in [-0.05, 0) is 24.6 Å². The molecule has 0 aromatic heterocycles. The predicted molar refractivity (Wildman–Crippen MR) is 64.7 cm³/mol. The molecule has 0 radical (unpaired) electrons. The van der Waals surface area contributed by atoms with Crippen molar-refractivity contribution in [3.63, 3.8) is 0 Å². The largest absolute Gasteiger partial charge is 0.492 e. The smallest absolute Gasteiger partial charge is 0.123 e. The molecule has 1 aromatic rings. The summed E-state index contributed by atoms with van der Waals surface area (Å²) in [5.41, 5.74) is 1.06. The first-order valence-electron chi connectivity index (χ1n) is 5.50. The quantitative estimate of drug-likeness (QED) is 0.773. The Labute approximate surface area is 96.6 Å². The van der Waals surface area contributed by atoms with E-state index in [4.69, 9.17) is 4.74 Å². The third-order valence-corrected chi connectivity index (χ3v) is 3.28. The van der Waals surface area contributed by atoms with Crippen molar-refractivity contribution >= 4 is 0 Å². The maximum atomic E-state index is 10.1. The number of hydrogen-bond acceptors (Lipinski definition) is 2. The van der Waals surface area contributed by atoms with Crippen molar-refractivity contribution in [3.05, 3.63) is 42.0 Å². The molecule has 1 heterocycles. The zero-order valence-electron chi connectivity index (χ0n) is 10.1. The summed E-state index contributed by atoms with van der Waals surface area (Å²) < 4.78 is 5.61. The SMILES string of the molecule is C=C[C@@](C)(O)c1ccc2c(c1)C(C)(C)CO2. The molecule has 0 bridgehead atoms. The van der Waals surface area contributed by atoms with Gasteiger partial charge in [0.25, 0.3) is 0 Å². The van der Waals surface area contributed by atoms with Gasteiger partial charge in [0.15, 0.2) is 0 Å². The zero-order valence-corrected chi connectivity index (χ0v) is 10.1. The molecule has 2 heteroatoms. The molecule has 0 fully saturated rings. The molecule has 1 aliphatic heterocycles. The highest BCUT2D eigenvalue weighted by molar-refractivity contribution is 5.47. The van der Waals surface area contributed by atoms with Crippen LogP contribution in [-0.4, -0.2) is 11.7 Å². The van der Waals surface area contributed by atoms with Crippen molar-refractivity contribution in [1.82, 2.24) is 0 Å². The fourth-order valence-electron chi connectivity index (χ4n) is 1.95. The number of hydrogen-bond donors (Lipinski definition) is 1. The molecule has 2 rings (SSSR count). The third-order valence-electron chi connectivity index (χ3n) is 3.28. The van der Waals surface area contributed by atoms with E-state index in [1.807, 2.05) is 18.2 Å². The topological polar surface area (TPSA) is 29.5 Å². The molecule has 1 atom stereocenters. The highest BCUT2D eigenvalue weighted by Crippen LogP contribution is 2.40. The summed E-state index contributed by atoms with van der Waals surface area (Å²) >= 11 is 0. The first kappa shape index (κ1) is 11.2. The van der Waals surface area contributed by atoms with Crippen LogP contribution in [-0.2, 0) is 11.0 Å². The van der Waals surface area contributed by atoms with Gasteiger partial charge in [0.1, 0.15) is 11.4 Å². The molecule has 0 saturated carbocycles. The van der Waals surface area contributed by atoms with Crippen molar-refractivity contribution in [2.24, 2.45) is 0 Å². The van der Waals surface area contributed by atoms with Gasteiger partial charge in [0.05, 0.1) is 6.61 Å². The van der Waals surface area contributed by atoms with E-state index in [1.165, 1.54) is 0 Å². The molecule has 1 N–H and O–H groups in total. The molecular formula is C14H18O2. The van der Waals surface area contributed by atoms with Gasteiger partial charge in [-0.25, -0.2) is 0 Å². The van der Waals surface area contributed by atoms with Crippen LogP contribution in [0.15, 0.2) is 30.9 Å². The molecule has 0 amide bonds. The van der Waals surface area contributed by atoms with Crippen molar-refractivity contribution in [3.8, 4) is 5.75 Å². The van der Waals surface area contributed by atoms with Crippen LogP contribution in [0.5, 0.6) is 5.75 Å². The monoisotopic (exact) mass is 218 g/mol. The molecule has 1 aromatic carbocycles. The van der Waals surface area contributed by atoms with Crippen molar-refractivity contribution < 1.29 is 9.84 Å². The molecule has 0 aliphatic carbocycles. The average Bonchev–Trinajstić information content (AvgIpc) is 2.55. The maximum absolute atomic E-state index is 10.1. The average molecular weight is 218 g/mol. The van der Waals surface area contributed by atoms with Crippen LogP contribution in [0.25, 0.3) is 0 Å². The minimum absolute atomic E-state index is 0.0165. The standard InChI is InChI=1S/C14H18O2/c1-5-14(4,15)10-6-7-12-11(8-10)13(2,3)9-16-12/h5-8,15H,1,9H2,2-4H3/t14-/m1/s1. The summed E-state index contributed by atoms with van der Waals surface area (Å²) in [5.74, 6) is 0.925. The van der Waals surface area contributed by atoms with Gasteiger partial charge in [-0.3, -0.25) is 0 Å². The van der Waals surface area contributed by atoms with Gasteiger partial charge >= 0.3 is 0 Å². The van der Waals surface area contributed by atoms with Crippen LogP contribution in [0.2, 0.25) is 0 Å². The summed E-state index contributed by atoms with van der Waals surface area (Å²) in [6.07, 6.45) is 1.55. The lowest BCUT2D eigenvalue weighted by atomic mass is 9.84. The second-order valence-electron chi connectivity index (χ2n) is 5.24. The van der Waals surface area contributed by atoms with Crippen molar-refractivity contribution in [2.75, 3.05) is 6.61 Å². The summed E-state index contributed by atoms with van der Waals surface area (Å²) in [7, 11) is 0. The molecular weight excluding hydrogens is 200 g/mol. The minimum Gasteiger partial charge on any atom is -0.492 e. The lowest BCUT2D eigenvalue weighted by molar-refractivity contribution is 0.111. The molecule has 0 saturated heterocycles. The molecule has 86 valence electrons. The number of ether oxygens (including phenoxy) is 1. The van der Waals surface area contributed by atoms with E-state index in [0.717, 1.165) is 16.9 Å². The van der Waals surface area contributed by atoms with Gasteiger partial charge in [0.2, 0.25) is 0 Å². The fraction of sp³-hybridized carbons (Fsp3) is 0.429. The lowest BCUT2D eigenvalue weighted by Gasteiger charge is -2.22. The Bertz CT molecular complexity index is 430. The highest BCUT2D eigenvalue weighted by atomic mass is 16.5. The van der Waals surface area contributed by atoms with E-state index < -0.39 is 5.60 Å². The van der Waals surface area contributed by atoms with Crippen molar-refractivity contribution in [2.45, 2.75) is 31.8 Å². The zero-order chi connectivity index (χ0) is 12.0. The molecule has 0 unspecified atom stereocenters. The Morgan fingerprint density at radius 3 is 2.81 bits per heavy atom. The van der Waals surface area contributed by atoms with E-state index in [1.54, 1.807) is 13.0 Å². The summed E-state index contributed by atoms with van der Waals surface area (Å²) in [6.45, 7) is 10.4. The molecule has 1 aliphatic rings. The number of fused-ring (bicyclic) bond motifs is 1. The first-order chi connectivity index (χ1) is 7.37. The van der Waals surface area contributed by atoms with Gasteiger partial charge in [0, 0.05) is 11.0 Å². The van der Waals surface area contributed by atoms with Gasteiger partial charge < -0.3 is 9.84 Å². The molecule has 0 spiro atoms. The Morgan fingerprint density at radius 2 is 2.19 bits per heavy atom. The van der Waals surface area contributed by atoms with Crippen LogP contribution < -0.4 is 4.74 Å². The maximum Gasteiger partial charge on any atom is 0.123 e. The van der Waals surface area contributed by atoms with E-state index >= 15 is 0 Å². The minimum atomic E-state index is -0.978. The van der Waals surface area contributed by atoms with Gasteiger partial charge in [-0.1, -0.05) is 32.6 Å². The Balaban J connectivity index is 2.51. The lowest BCUT2D eigenvalue weighted by Crippen LogP contribution is -2.21. The number of benzene rings is 1. The van der Waals surface area contributed by atoms with E-state index in [-0.39, 0.29) is 5.41 Å². The normalized spacial score (nSPS) is 20.8. The Kier molecular flexibility index (Phi) is 2.35. The predicted octanol–water partition coefficient (Wildman–Crippen LogP) is 2.75. The second kappa shape index (κ2) is 3.36. The Morgan fingerprint density at radius 1 is 1.50 bits per heavy atom. The molecule has 2 nitrogen and oxygen atoms in total. The van der Waals surface area contributed by atoms with Crippen molar-refractivity contribution in [1.29, 1.82) is 0 Å². The fourth-order valence-corrected chi connectivity index (χ4v) is 1.95. The van der Waals surface area contributed by atoms with E-state index in [2.05, 4.69) is 20.4 Å². The van der Waals surface area contributed by atoms with Crippen LogP contribution in [0.1, 0.15) is 31.9 Å². The summed E-state index contributed by atoms with van der Waals surface area (Å²) in [5, 5.41) is 10.1. The van der Waals surface area contributed by atoms with Crippen LogP contribution in [0, 0.1) is 0 Å². The Hall–Kier alpha value is -1.28. The van der Waals surface area contributed by atoms with Crippen LogP contribution in [0.3, 0.4) is 0 Å². The molecule has 16 heavy (non-hydrogen) atoms. The number of aliphatic hydroxyl groups is 1. The number of rotatable bonds is 2. The van der Waals surface area contributed by atoms with Crippen LogP contribution in [0.4, 0.5) is 0 Å². The van der Waals surface area contributed by atoms with E-state index in [9.17, 15) is 5.11 Å². The summed E-state index contributed by atoms with van der Waals surface area (Å²) in [6, 6.07) is 5.84. The van der Waals surface area contributed by atoms with Crippen LogP contribution >= 0.6 is 0 Å². The first-order valence-corrected chi connectivity index (χ1v) is 5.50. The van der Waals surface area contributed by atoms with E-state index in [0.29, 0.717) is 6.61 Å². The van der Waals surface area contributed by atoms with Gasteiger partial charge in [-0.2, -0.15) is 0 Å². The third kappa shape index (κ3) is 1.63. The highest BCUT2D eigenvalue weighted by Gasteiger charge is 2.33.